The molecular weight excluding hydrogens is 530 g/mol. The summed E-state index contributed by atoms with van der Waals surface area (Å²) in [6.45, 7) is 3.99. The first-order chi connectivity index (χ1) is 19.4. The van der Waals surface area contributed by atoms with Crippen LogP contribution in [0.3, 0.4) is 0 Å². The van der Waals surface area contributed by atoms with Crippen LogP contribution in [-0.2, 0) is 0 Å². The third-order valence-electron chi connectivity index (χ3n) is 7.68. The summed E-state index contributed by atoms with van der Waals surface area (Å²) in [5.41, 5.74) is 3.96. The molecule has 0 bridgehead atoms. The lowest BCUT2D eigenvalue weighted by Gasteiger charge is -2.24. The minimum atomic E-state index is -1.15. The minimum absolute atomic E-state index is 0.0744. The van der Waals surface area contributed by atoms with Crippen LogP contribution in [0.1, 0.15) is 52.0 Å². The zero-order valence-corrected chi connectivity index (χ0v) is 22.8. The highest BCUT2D eigenvalue weighted by Gasteiger charge is 2.27. The summed E-state index contributed by atoms with van der Waals surface area (Å²) in [5, 5.41) is 15.1. The van der Waals surface area contributed by atoms with E-state index in [1.165, 1.54) is 0 Å². The lowest BCUT2D eigenvalue weighted by Crippen LogP contribution is -2.38. The Morgan fingerprint density at radius 1 is 1.00 bits per heavy atom. The van der Waals surface area contributed by atoms with E-state index in [0.717, 1.165) is 48.0 Å². The number of aromatic nitrogens is 1. The van der Waals surface area contributed by atoms with Crippen molar-refractivity contribution in [1.29, 1.82) is 0 Å². The van der Waals surface area contributed by atoms with Crippen LogP contribution in [0.15, 0.2) is 60.8 Å². The van der Waals surface area contributed by atoms with Crippen molar-refractivity contribution in [1.82, 2.24) is 15.2 Å². The first-order valence-electron chi connectivity index (χ1n) is 13.5. The number of hydrogen-bond acceptors (Lipinski definition) is 5. The molecule has 40 heavy (non-hydrogen) atoms. The second-order valence-corrected chi connectivity index (χ2v) is 10.6. The van der Waals surface area contributed by atoms with Crippen molar-refractivity contribution in [2.45, 2.75) is 31.9 Å². The van der Waals surface area contributed by atoms with E-state index in [1.807, 2.05) is 48.4 Å². The average Bonchev–Trinajstić information content (AvgIpc) is 3.66. The normalized spacial score (nSPS) is 16.1. The number of rotatable bonds is 6. The van der Waals surface area contributed by atoms with Crippen LogP contribution in [0.25, 0.3) is 22.0 Å². The van der Waals surface area contributed by atoms with Gasteiger partial charge in [-0.2, -0.15) is 0 Å². The molecule has 1 unspecified atom stereocenters. The van der Waals surface area contributed by atoms with Crippen LogP contribution >= 0.6 is 11.6 Å². The maximum Gasteiger partial charge on any atom is 0.257 e. The molecule has 3 heterocycles. The van der Waals surface area contributed by atoms with Gasteiger partial charge in [-0.1, -0.05) is 42.8 Å². The molecule has 2 aliphatic heterocycles. The number of carbonyl (C=O) groups excluding carboxylic acids is 2. The van der Waals surface area contributed by atoms with Crippen molar-refractivity contribution < 1.29 is 24.2 Å². The number of para-hydroxylation sites is 1. The summed E-state index contributed by atoms with van der Waals surface area (Å²) in [6.07, 6.45) is 2.70. The van der Waals surface area contributed by atoms with Crippen molar-refractivity contribution in [2.24, 2.45) is 0 Å². The van der Waals surface area contributed by atoms with Gasteiger partial charge in [-0.3, -0.25) is 9.59 Å². The summed E-state index contributed by atoms with van der Waals surface area (Å²) in [7, 11) is 0. The number of ether oxygens (including phenoxy) is 2. The Labute approximate surface area is 236 Å². The van der Waals surface area contributed by atoms with Gasteiger partial charge in [0.15, 0.2) is 11.5 Å². The Balaban J connectivity index is 1.28. The van der Waals surface area contributed by atoms with Crippen LogP contribution in [-0.4, -0.2) is 59.3 Å². The number of nitrogens with one attached hydrogen (secondary N) is 2. The largest absolute Gasteiger partial charge is 0.486 e. The van der Waals surface area contributed by atoms with Gasteiger partial charge in [0.2, 0.25) is 0 Å². The molecule has 206 valence electrons. The van der Waals surface area contributed by atoms with E-state index in [1.54, 1.807) is 24.3 Å². The maximum absolute atomic E-state index is 13.5. The van der Waals surface area contributed by atoms with Crippen molar-refractivity contribution in [3.63, 3.8) is 0 Å². The molecule has 2 amide bonds. The SMILES string of the molecule is CC(c1c[nH]c2ccccc12)[C@@H](O)NC(=O)c1cc(-c2ccc(C(=O)N3CCCC3)c(Cl)c2)cc2c1OCCO2. The summed E-state index contributed by atoms with van der Waals surface area (Å²) in [5.74, 6) is -0.187. The highest BCUT2D eigenvalue weighted by Crippen LogP contribution is 2.39. The van der Waals surface area contributed by atoms with Gasteiger partial charge < -0.3 is 29.8 Å². The molecule has 6 rings (SSSR count). The molecule has 3 N–H and O–H groups in total. The smallest absolute Gasteiger partial charge is 0.257 e. The first kappa shape index (κ1) is 26.2. The molecule has 1 saturated heterocycles. The molecule has 8 nitrogen and oxygen atoms in total. The minimum Gasteiger partial charge on any atom is -0.486 e. The number of fused-ring (bicyclic) bond motifs is 2. The van der Waals surface area contributed by atoms with Crippen molar-refractivity contribution in [3.05, 3.63) is 82.5 Å². The van der Waals surface area contributed by atoms with Crippen LogP contribution in [0.5, 0.6) is 11.5 Å². The molecular formula is C31H30ClN3O5. The maximum atomic E-state index is 13.5. The second-order valence-electron chi connectivity index (χ2n) is 10.2. The third-order valence-corrected chi connectivity index (χ3v) is 7.99. The Bertz CT molecular complexity index is 1590. The predicted molar refractivity (Wildman–Crippen MR) is 153 cm³/mol. The summed E-state index contributed by atoms with van der Waals surface area (Å²) in [4.78, 5) is 31.4. The predicted octanol–water partition coefficient (Wildman–Crippen LogP) is 5.35. The number of benzene rings is 3. The summed E-state index contributed by atoms with van der Waals surface area (Å²) < 4.78 is 11.7. The van der Waals surface area contributed by atoms with E-state index >= 15 is 0 Å². The van der Waals surface area contributed by atoms with Crippen molar-refractivity contribution >= 4 is 34.3 Å². The van der Waals surface area contributed by atoms with Crippen LogP contribution in [0.4, 0.5) is 0 Å². The molecule has 0 radical (unpaired) electrons. The van der Waals surface area contributed by atoms with E-state index in [0.29, 0.717) is 40.9 Å². The van der Waals surface area contributed by atoms with Crippen molar-refractivity contribution in [2.75, 3.05) is 26.3 Å². The summed E-state index contributed by atoms with van der Waals surface area (Å²) >= 11 is 6.57. The van der Waals surface area contributed by atoms with Crippen molar-refractivity contribution in [3.8, 4) is 22.6 Å². The number of aliphatic hydroxyl groups is 1. The van der Waals surface area contributed by atoms with Gasteiger partial charge in [0, 0.05) is 36.1 Å². The van der Waals surface area contributed by atoms with E-state index < -0.39 is 12.1 Å². The van der Waals surface area contributed by atoms with Gasteiger partial charge in [0.1, 0.15) is 19.4 Å². The fourth-order valence-corrected chi connectivity index (χ4v) is 5.69. The second kappa shape index (κ2) is 10.9. The number of H-pyrrole nitrogens is 1. The van der Waals surface area contributed by atoms with Gasteiger partial charge in [0.25, 0.3) is 11.8 Å². The zero-order valence-electron chi connectivity index (χ0n) is 22.1. The molecule has 1 aromatic heterocycles. The van der Waals surface area contributed by atoms with E-state index in [9.17, 15) is 14.7 Å². The van der Waals surface area contributed by atoms with E-state index in [4.69, 9.17) is 21.1 Å². The Morgan fingerprint density at radius 3 is 2.58 bits per heavy atom. The molecule has 3 aromatic carbocycles. The molecule has 0 saturated carbocycles. The number of nitrogens with zero attached hydrogens (tertiary/aromatic N) is 1. The lowest BCUT2D eigenvalue weighted by molar-refractivity contribution is 0.0719. The van der Waals surface area contributed by atoms with Crippen LogP contribution in [0, 0.1) is 0 Å². The highest BCUT2D eigenvalue weighted by atomic mass is 35.5. The molecule has 1 fully saturated rings. The lowest BCUT2D eigenvalue weighted by atomic mass is 9.97. The zero-order chi connectivity index (χ0) is 27.8. The number of carbonyl (C=O) groups is 2. The quantitative estimate of drug-likeness (QED) is 0.276. The Kier molecular flexibility index (Phi) is 7.12. The molecule has 0 aliphatic carbocycles. The fraction of sp³-hybridized carbons (Fsp3) is 0.290. The summed E-state index contributed by atoms with van der Waals surface area (Å²) in [6, 6.07) is 16.6. The van der Waals surface area contributed by atoms with E-state index in [-0.39, 0.29) is 17.4 Å². The number of halogens is 1. The standard InChI is InChI=1S/C31H30ClN3O5/c1-18(24-17-33-26-7-3-2-6-21(24)26)29(36)34-30(37)23-14-20(16-27-28(23)40-13-12-39-27)19-8-9-22(25(32)15-19)31(38)35-10-4-5-11-35/h2-3,6-9,14-18,29,33,36H,4-5,10-13H2,1H3,(H,34,37)/t18?,29-/m1/s1. The first-order valence-corrected chi connectivity index (χ1v) is 13.9. The van der Waals surface area contributed by atoms with E-state index in [2.05, 4.69) is 10.3 Å². The highest BCUT2D eigenvalue weighted by molar-refractivity contribution is 6.34. The Hall–Kier alpha value is -4.01. The molecule has 0 spiro atoms. The number of hydrogen-bond donors (Lipinski definition) is 3. The van der Waals surface area contributed by atoms with Gasteiger partial charge in [-0.25, -0.2) is 0 Å². The fourth-order valence-electron chi connectivity index (χ4n) is 5.43. The average molecular weight is 560 g/mol. The van der Waals surface area contributed by atoms with Gasteiger partial charge in [0.05, 0.1) is 16.1 Å². The van der Waals surface area contributed by atoms with Gasteiger partial charge in [-0.15, -0.1) is 0 Å². The number of likely N-dealkylation sites (tertiary alicyclic amines) is 1. The molecule has 2 atom stereocenters. The number of amides is 2. The van der Waals surface area contributed by atoms with Crippen LogP contribution in [0.2, 0.25) is 5.02 Å². The topological polar surface area (TPSA) is 104 Å². The number of aliphatic hydroxyl groups excluding tert-OH is 1. The number of aromatic amines is 1. The molecule has 2 aliphatic rings. The van der Waals surface area contributed by atoms with Gasteiger partial charge >= 0.3 is 0 Å². The monoisotopic (exact) mass is 559 g/mol. The van der Waals surface area contributed by atoms with Crippen LogP contribution < -0.4 is 14.8 Å². The van der Waals surface area contributed by atoms with Gasteiger partial charge in [-0.05, 0) is 59.9 Å². The molecule has 9 heteroatoms. The Morgan fingerprint density at radius 2 is 1.77 bits per heavy atom. The molecule has 4 aromatic rings. The third kappa shape index (κ3) is 4.89.